The van der Waals surface area contributed by atoms with Crippen LogP contribution in [0.2, 0.25) is 0 Å². The molecule has 0 saturated carbocycles. The smallest absolute Gasteiger partial charge is 0.408 e. The molecular formula is C19H25IN4O3. The van der Waals surface area contributed by atoms with Gasteiger partial charge in [-0.3, -0.25) is 4.79 Å². The molecule has 7 nitrogen and oxygen atoms in total. The fourth-order valence-electron chi connectivity index (χ4n) is 2.61. The van der Waals surface area contributed by atoms with Crippen LogP contribution in [0.3, 0.4) is 0 Å². The first kappa shape index (κ1) is 21.2. The zero-order chi connectivity index (χ0) is 19.5. The molecule has 0 aliphatic rings. The van der Waals surface area contributed by atoms with Gasteiger partial charge in [-0.25, -0.2) is 9.78 Å². The normalized spacial score (nSPS) is 11.6. The Labute approximate surface area is 172 Å². The van der Waals surface area contributed by atoms with Crippen molar-refractivity contribution < 1.29 is 14.3 Å². The van der Waals surface area contributed by atoms with Crippen molar-refractivity contribution in [3.63, 3.8) is 0 Å². The molecule has 0 aliphatic heterocycles. The number of aromatic amines is 1. The van der Waals surface area contributed by atoms with Crippen LogP contribution in [0.1, 0.15) is 49.5 Å². The first-order valence-corrected chi connectivity index (χ1v) is 10.0. The Morgan fingerprint density at radius 1 is 1.22 bits per heavy atom. The van der Waals surface area contributed by atoms with Gasteiger partial charge in [0.2, 0.25) is 5.91 Å². The van der Waals surface area contributed by atoms with Crippen molar-refractivity contribution in [2.75, 3.05) is 7.05 Å². The number of imidazole rings is 1. The van der Waals surface area contributed by atoms with Crippen molar-refractivity contribution in [1.29, 1.82) is 0 Å². The van der Waals surface area contributed by atoms with Crippen molar-refractivity contribution in [2.45, 2.75) is 44.8 Å². The number of amides is 2. The van der Waals surface area contributed by atoms with Crippen molar-refractivity contribution in [3.8, 4) is 0 Å². The summed E-state index contributed by atoms with van der Waals surface area (Å²) in [5.74, 6) is 0.761. The fraction of sp³-hybridized carbons (Fsp3) is 0.421. The maximum Gasteiger partial charge on any atom is 0.408 e. The zero-order valence-corrected chi connectivity index (χ0v) is 17.5. The lowest BCUT2D eigenvalue weighted by Gasteiger charge is -2.17. The second-order valence-corrected chi connectivity index (χ2v) is 7.31. The molecule has 1 heterocycles. The van der Waals surface area contributed by atoms with Gasteiger partial charge in [-0.1, -0.05) is 43.2 Å². The van der Waals surface area contributed by atoms with Crippen molar-refractivity contribution in [2.24, 2.45) is 0 Å². The second kappa shape index (κ2) is 11.6. The van der Waals surface area contributed by atoms with E-state index < -0.39 is 6.09 Å². The molecule has 146 valence electrons. The van der Waals surface area contributed by atoms with Crippen LogP contribution >= 0.6 is 22.6 Å². The number of carbonyl (C=O) groups is 2. The van der Waals surface area contributed by atoms with Crippen molar-refractivity contribution in [1.82, 2.24) is 20.6 Å². The van der Waals surface area contributed by atoms with E-state index >= 15 is 0 Å². The molecule has 0 aliphatic carbocycles. The van der Waals surface area contributed by atoms with E-state index in [0.29, 0.717) is 12.2 Å². The van der Waals surface area contributed by atoms with Crippen LogP contribution in [0.4, 0.5) is 4.79 Å². The Kier molecular flexibility index (Phi) is 9.09. The summed E-state index contributed by atoms with van der Waals surface area (Å²) in [6.45, 7) is 0.223. The van der Waals surface area contributed by atoms with Gasteiger partial charge in [0.05, 0.1) is 15.9 Å². The van der Waals surface area contributed by atoms with E-state index in [1.54, 1.807) is 13.2 Å². The molecular weight excluding hydrogens is 459 g/mol. The summed E-state index contributed by atoms with van der Waals surface area (Å²) < 4.78 is 6.22. The van der Waals surface area contributed by atoms with Gasteiger partial charge in [0, 0.05) is 13.5 Å². The molecule has 1 aromatic carbocycles. The Balaban J connectivity index is 1.82. The number of ether oxygens (including phenoxy) is 1. The highest BCUT2D eigenvalue weighted by molar-refractivity contribution is 14.1. The maximum absolute atomic E-state index is 12.2. The Morgan fingerprint density at radius 2 is 2.00 bits per heavy atom. The highest BCUT2D eigenvalue weighted by atomic mass is 127. The molecule has 0 radical (unpaired) electrons. The minimum absolute atomic E-state index is 0.0507. The van der Waals surface area contributed by atoms with Gasteiger partial charge in [-0.2, -0.15) is 0 Å². The molecule has 2 amide bonds. The molecule has 3 N–H and O–H groups in total. The topological polar surface area (TPSA) is 96.1 Å². The number of H-pyrrole nitrogens is 1. The average Bonchev–Trinajstić information content (AvgIpc) is 3.12. The van der Waals surface area contributed by atoms with Crippen LogP contribution < -0.4 is 10.6 Å². The summed E-state index contributed by atoms with van der Waals surface area (Å²) in [5.41, 5.74) is 0.936. The molecule has 0 unspecified atom stereocenters. The lowest BCUT2D eigenvalue weighted by atomic mass is 10.1. The number of rotatable bonds is 10. The highest BCUT2D eigenvalue weighted by Crippen LogP contribution is 2.19. The van der Waals surface area contributed by atoms with Gasteiger partial charge in [-0.05, 0) is 41.0 Å². The summed E-state index contributed by atoms with van der Waals surface area (Å²) in [4.78, 5) is 31.0. The number of hydrogen-bond acceptors (Lipinski definition) is 4. The summed E-state index contributed by atoms with van der Waals surface area (Å²) in [7, 11) is 1.64. The Morgan fingerprint density at radius 3 is 2.67 bits per heavy atom. The number of unbranched alkanes of at least 4 members (excludes halogenated alkanes) is 2. The van der Waals surface area contributed by atoms with Crippen LogP contribution in [-0.4, -0.2) is 29.0 Å². The Bertz CT molecular complexity index is 721. The van der Waals surface area contributed by atoms with Crippen molar-refractivity contribution in [3.05, 3.63) is 51.6 Å². The van der Waals surface area contributed by atoms with E-state index in [4.69, 9.17) is 4.74 Å². The molecule has 1 atom stereocenters. The SMILES string of the molecule is CNC(=O)CCCCC[C@H](NC(=O)OCc1ccccc1)c1ncc(I)[nH]1. The second-order valence-electron chi connectivity index (χ2n) is 6.15. The highest BCUT2D eigenvalue weighted by Gasteiger charge is 2.18. The van der Waals surface area contributed by atoms with Gasteiger partial charge >= 0.3 is 6.09 Å². The first-order chi connectivity index (χ1) is 13.1. The van der Waals surface area contributed by atoms with E-state index in [9.17, 15) is 9.59 Å². The van der Waals surface area contributed by atoms with E-state index in [-0.39, 0.29) is 18.6 Å². The molecule has 2 aromatic rings. The summed E-state index contributed by atoms with van der Waals surface area (Å²) in [5, 5.41) is 5.51. The van der Waals surface area contributed by atoms with E-state index in [2.05, 4.69) is 43.2 Å². The predicted octanol–water partition coefficient (Wildman–Crippen LogP) is 3.68. The lowest BCUT2D eigenvalue weighted by molar-refractivity contribution is -0.120. The number of halogens is 1. The fourth-order valence-corrected chi connectivity index (χ4v) is 3.03. The predicted molar refractivity (Wildman–Crippen MR) is 111 cm³/mol. The van der Waals surface area contributed by atoms with Gasteiger partial charge in [0.15, 0.2) is 0 Å². The molecule has 0 bridgehead atoms. The maximum atomic E-state index is 12.2. The number of aromatic nitrogens is 2. The molecule has 27 heavy (non-hydrogen) atoms. The van der Waals surface area contributed by atoms with E-state index in [1.807, 2.05) is 30.3 Å². The number of nitrogens with one attached hydrogen (secondary N) is 3. The third-order valence-electron chi connectivity index (χ3n) is 4.07. The minimum atomic E-state index is -0.472. The lowest BCUT2D eigenvalue weighted by Crippen LogP contribution is -2.30. The summed E-state index contributed by atoms with van der Waals surface area (Å²) in [6.07, 6.45) is 5.09. The number of carbonyl (C=O) groups excluding carboxylic acids is 2. The van der Waals surface area contributed by atoms with Crippen LogP contribution in [0, 0.1) is 3.70 Å². The van der Waals surface area contributed by atoms with Crippen molar-refractivity contribution >= 4 is 34.6 Å². The number of benzene rings is 1. The van der Waals surface area contributed by atoms with Crippen LogP contribution in [-0.2, 0) is 16.1 Å². The Hall–Kier alpha value is -2.10. The first-order valence-electron chi connectivity index (χ1n) is 8.96. The van der Waals surface area contributed by atoms with Crippen LogP contribution in [0.25, 0.3) is 0 Å². The van der Waals surface area contributed by atoms with Gasteiger partial charge in [-0.15, -0.1) is 0 Å². The van der Waals surface area contributed by atoms with E-state index in [0.717, 1.165) is 34.9 Å². The quantitative estimate of drug-likeness (QED) is 0.354. The van der Waals surface area contributed by atoms with Gasteiger partial charge in [0.25, 0.3) is 0 Å². The van der Waals surface area contributed by atoms with Gasteiger partial charge in [0.1, 0.15) is 12.4 Å². The van der Waals surface area contributed by atoms with Crippen LogP contribution in [0.5, 0.6) is 0 Å². The molecule has 2 rings (SSSR count). The monoisotopic (exact) mass is 484 g/mol. The average molecular weight is 484 g/mol. The third-order valence-corrected chi connectivity index (χ3v) is 4.62. The third kappa shape index (κ3) is 7.98. The summed E-state index contributed by atoms with van der Waals surface area (Å²) >= 11 is 2.15. The zero-order valence-electron chi connectivity index (χ0n) is 15.3. The molecule has 0 fully saturated rings. The van der Waals surface area contributed by atoms with E-state index in [1.165, 1.54) is 0 Å². The van der Waals surface area contributed by atoms with Gasteiger partial charge < -0.3 is 20.4 Å². The summed E-state index contributed by atoms with van der Waals surface area (Å²) in [6, 6.07) is 9.30. The molecule has 1 aromatic heterocycles. The molecule has 0 saturated heterocycles. The molecule has 0 spiro atoms. The molecule has 8 heteroatoms. The van der Waals surface area contributed by atoms with Crippen LogP contribution in [0.15, 0.2) is 36.5 Å². The number of nitrogens with zero attached hydrogens (tertiary/aromatic N) is 1. The standard InChI is InChI=1S/C19H25IN4O3/c1-21-17(25)11-7-3-6-10-15(18-22-12-16(20)24-18)23-19(26)27-13-14-8-4-2-5-9-14/h2,4-5,8-9,12,15H,3,6-7,10-11,13H2,1H3,(H,21,25)(H,22,24)(H,23,26)/t15-/m0/s1. The minimum Gasteiger partial charge on any atom is -0.445 e. The number of hydrogen-bond donors (Lipinski definition) is 3. The number of alkyl carbamates (subject to hydrolysis) is 1. The largest absolute Gasteiger partial charge is 0.445 e.